The molecular formula is C16H15FO4. The predicted molar refractivity (Wildman–Crippen MR) is 75.7 cm³/mol. The van der Waals surface area contributed by atoms with Crippen LogP contribution in [-0.4, -0.2) is 25.3 Å². The molecule has 0 saturated carbocycles. The molecule has 0 fully saturated rings. The lowest BCUT2D eigenvalue weighted by atomic mass is 9.97. The molecule has 0 saturated heterocycles. The van der Waals surface area contributed by atoms with Crippen molar-refractivity contribution in [3.05, 3.63) is 53.3 Å². The van der Waals surface area contributed by atoms with Gasteiger partial charge in [0.05, 0.1) is 26.4 Å². The number of esters is 1. The molecule has 0 atom stereocenters. The first-order chi connectivity index (χ1) is 10.1. The molecule has 2 aromatic rings. The van der Waals surface area contributed by atoms with E-state index in [1.165, 1.54) is 38.5 Å². The van der Waals surface area contributed by atoms with Crippen LogP contribution in [0.15, 0.2) is 36.4 Å². The number of ether oxygens (including phenoxy) is 2. The van der Waals surface area contributed by atoms with Gasteiger partial charge in [0.2, 0.25) is 0 Å². The Morgan fingerprint density at radius 2 is 1.90 bits per heavy atom. The van der Waals surface area contributed by atoms with Gasteiger partial charge in [-0.05, 0) is 41.5 Å². The Kier molecular flexibility index (Phi) is 4.55. The molecular weight excluding hydrogens is 275 g/mol. The number of hydrogen-bond donors (Lipinski definition) is 1. The molecule has 0 aliphatic rings. The monoisotopic (exact) mass is 290 g/mol. The van der Waals surface area contributed by atoms with Gasteiger partial charge < -0.3 is 14.6 Å². The number of benzene rings is 2. The van der Waals surface area contributed by atoms with Crippen LogP contribution in [0.25, 0.3) is 11.1 Å². The van der Waals surface area contributed by atoms with Crippen molar-refractivity contribution >= 4 is 5.97 Å². The van der Waals surface area contributed by atoms with Crippen LogP contribution >= 0.6 is 0 Å². The summed E-state index contributed by atoms with van der Waals surface area (Å²) in [6.45, 7) is -0.323. The molecule has 1 N–H and O–H groups in total. The van der Waals surface area contributed by atoms with Crippen molar-refractivity contribution in [3.63, 3.8) is 0 Å². The number of carbonyl (C=O) groups is 1. The standard InChI is InChI=1S/C16H15FO4/c1-20-12-4-6-15(17)14(8-12)13-5-3-10(16(19)21-2)7-11(13)9-18/h3-8,18H,9H2,1-2H3. The second-order valence-corrected chi connectivity index (χ2v) is 4.37. The summed E-state index contributed by atoms with van der Waals surface area (Å²) < 4.78 is 23.7. The van der Waals surface area contributed by atoms with E-state index in [2.05, 4.69) is 4.74 Å². The van der Waals surface area contributed by atoms with E-state index in [0.29, 0.717) is 28.0 Å². The number of rotatable bonds is 4. The lowest BCUT2D eigenvalue weighted by molar-refractivity contribution is 0.0600. The largest absolute Gasteiger partial charge is 0.497 e. The summed E-state index contributed by atoms with van der Waals surface area (Å²) in [4.78, 5) is 11.5. The van der Waals surface area contributed by atoms with Crippen molar-refractivity contribution in [2.24, 2.45) is 0 Å². The second-order valence-electron chi connectivity index (χ2n) is 4.37. The third kappa shape index (κ3) is 3.03. The molecule has 0 spiro atoms. The van der Waals surface area contributed by atoms with Gasteiger partial charge in [-0.15, -0.1) is 0 Å². The zero-order valence-corrected chi connectivity index (χ0v) is 11.7. The van der Waals surface area contributed by atoms with E-state index in [0.717, 1.165) is 0 Å². The van der Waals surface area contributed by atoms with Crippen molar-refractivity contribution in [3.8, 4) is 16.9 Å². The molecule has 0 amide bonds. The minimum absolute atomic E-state index is 0.300. The number of methoxy groups -OCH3 is 2. The highest BCUT2D eigenvalue weighted by atomic mass is 19.1. The van der Waals surface area contributed by atoms with Gasteiger partial charge in [-0.3, -0.25) is 0 Å². The molecule has 2 rings (SSSR count). The lowest BCUT2D eigenvalue weighted by Crippen LogP contribution is -2.03. The van der Waals surface area contributed by atoms with E-state index in [9.17, 15) is 14.3 Å². The van der Waals surface area contributed by atoms with Crippen LogP contribution in [0, 0.1) is 5.82 Å². The first kappa shape index (κ1) is 15.0. The van der Waals surface area contributed by atoms with Crippen LogP contribution in [0.4, 0.5) is 4.39 Å². The third-order valence-corrected chi connectivity index (χ3v) is 3.16. The number of aliphatic hydroxyl groups excluding tert-OH is 1. The average Bonchev–Trinajstić information content (AvgIpc) is 2.54. The van der Waals surface area contributed by atoms with Gasteiger partial charge in [-0.1, -0.05) is 6.07 Å². The summed E-state index contributed by atoms with van der Waals surface area (Å²) >= 11 is 0. The van der Waals surface area contributed by atoms with Crippen molar-refractivity contribution in [2.45, 2.75) is 6.61 Å². The zero-order chi connectivity index (χ0) is 15.4. The van der Waals surface area contributed by atoms with E-state index >= 15 is 0 Å². The fourth-order valence-corrected chi connectivity index (χ4v) is 2.07. The Hall–Kier alpha value is -2.40. The van der Waals surface area contributed by atoms with Crippen LogP contribution < -0.4 is 4.74 Å². The lowest BCUT2D eigenvalue weighted by Gasteiger charge is -2.11. The van der Waals surface area contributed by atoms with Gasteiger partial charge in [-0.25, -0.2) is 9.18 Å². The highest BCUT2D eigenvalue weighted by Crippen LogP contribution is 2.30. The normalized spacial score (nSPS) is 10.3. The van der Waals surface area contributed by atoms with E-state index in [1.807, 2.05) is 0 Å². The topological polar surface area (TPSA) is 55.8 Å². The van der Waals surface area contributed by atoms with Crippen molar-refractivity contribution in [2.75, 3.05) is 14.2 Å². The number of halogens is 1. The smallest absolute Gasteiger partial charge is 0.337 e. The van der Waals surface area contributed by atoms with E-state index in [-0.39, 0.29) is 6.61 Å². The highest BCUT2D eigenvalue weighted by molar-refractivity contribution is 5.90. The number of carbonyl (C=O) groups excluding carboxylic acids is 1. The minimum Gasteiger partial charge on any atom is -0.497 e. The van der Waals surface area contributed by atoms with Crippen LogP contribution in [0.5, 0.6) is 5.75 Å². The average molecular weight is 290 g/mol. The van der Waals surface area contributed by atoms with E-state index in [1.54, 1.807) is 12.1 Å². The fourth-order valence-electron chi connectivity index (χ4n) is 2.07. The molecule has 5 heteroatoms. The quantitative estimate of drug-likeness (QED) is 0.880. The molecule has 0 aromatic heterocycles. The molecule has 0 aliphatic heterocycles. The van der Waals surface area contributed by atoms with Crippen molar-refractivity contribution in [1.29, 1.82) is 0 Å². The maximum absolute atomic E-state index is 14.0. The molecule has 0 heterocycles. The first-order valence-corrected chi connectivity index (χ1v) is 6.26. The van der Waals surface area contributed by atoms with Gasteiger partial charge in [0.25, 0.3) is 0 Å². The van der Waals surface area contributed by atoms with Gasteiger partial charge in [-0.2, -0.15) is 0 Å². The Morgan fingerprint density at radius 3 is 2.52 bits per heavy atom. The van der Waals surface area contributed by atoms with Crippen LogP contribution in [0.3, 0.4) is 0 Å². The summed E-state index contributed by atoms with van der Waals surface area (Å²) in [5.41, 5.74) is 1.54. The molecule has 4 nitrogen and oxygen atoms in total. The van der Waals surface area contributed by atoms with Crippen LogP contribution in [-0.2, 0) is 11.3 Å². The summed E-state index contributed by atoms with van der Waals surface area (Å²) in [6.07, 6.45) is 0. The first-order valence-electron chi connectivity index (χ1n) is 6.26. The molecule has 0 bridgehead atoms. The minimum atomic E-state index is -0.512. The molecule has 0 unspecified atom stereocenters. The van der Waals surface area contributed by atoms with Gasteiger partial charge >= 0.3 is 5.97 Å². The summed E-state index contributed by atoms with van der Waals surface area (Å²) in [5.74, 6) is -0.439. The summed E-state index contributed by atoms with van der Waals surface area (Å²) in [6, 6.07) is 8.94. The predicted octanol–water partition coefficient (Wildman–Crippen LogP) is 2.78. The number of aliphatic hydroxyl groups is 1. The SMILES string of the molecule is COC(=O)c1ccc(-c2cc(OC)ccc2F)c(CO)c1. The Bertz CT molecular complexity index is 667. The van der Waals surface area contributed by atoms with Crippen LogP contribution in [0.1, 0.15) is 15.9 Å². The van der Waals surface area contributed by atoms with E-state index in [4.69, 9.17) is 4.74 Å². The fraction of sp³-hybridized carbons (Fsp3) is 0.188. The Morgan fingerprint density at radius 1 is 1.14 bits per heavy atom. The van der Waals surface area contributed by atoms with Gasteiger partial charge in [0.1, 0.15) is 11.6 Å². The second kappa shape index (κ2) is 6.37. The summed E-state index contributed by atoms with van der Waals surface area (Å²) in [7, 11) is 2.76. The number of hydrogen-bond acceptors (Lipinski definition) is 4. The molecule has 110 valence electrons. The Balaban J connectivity index is 2.56. The van der Waals surface area contributed by atoms with Crippen molar-refractivity contribution in [1.82, 2.24) is 0 Å². The van der Waals surface area contributed by atoms with Crippen LogP contribution in [0.2, 0.25) is 0 Å². The third-order valence-electron chi connectivity index (χ3n) is 3.16. The van der Waals surface area contributed by atoms with Crippen molar-refractivity contribution < 1.29 is 23.8 Å². The van der Waals surface area contributed by atoms with Gasteiger partial charge in [0.15, 0.2) is 0 Å². The Labute approximate surface area is 121 Å². The maximum atomic E-state index is 14.0. The molecule has 21 heavy (non-hydrogen) atoms. The molecule has 0 radical (unpaired) electrons. The summed E-state index contributed by atoms with van der Waals surface area (Å²) in [5, 5.41) is 9.47. The van der Waals surface area contributed by atoms with E-state index < -0.39 is 11.8 Å². The molecule has 2 aromatic carbocycles. The zero-order valence-electron chi connectivity index (χ0n) is 11.7. The maximum Gasteiger partial charge on any atom is 0.337 e. The highest BCUT2D eigenvalue weighted by Gasteiger charge is 2.14. The molecule has 0 aliphatic carbocycles. The van der Waals surface area contributed by atoms with Gasteiger partial charge in [0, 0.05) is 5.56 Å².